The van der Waals surface area contributed by atoms with E-state index < -0.39 is 0 Å². The van der Waals surface area contributed by atoms with Crippen LogP contribution in [-0.2, 0) is 9.59 Å². The van der Waals surface area contributed by atoms with E-state index in [1.807, 2.05) is 29.6 Å². The highest BCUT2D eigenvalue weighted by Gasteiger charge is 2.16. The molecule has 0 radical (unpaired) electrons. The number of benzene rings is 2. The zero-order chi connectivity index (χ0) is 23.1. The van der Waals surface area contributed by atoms with Gasteiger partial charge in [-0.05, 0) is 53.4 Å². The lowest BCUT2D eigenvalue weighted by Gasteiger charge is -2.23. The number of nitrogen functional groups attached to an aromatic ring is 1. The van der Waals surface area contributed by atoms with Gasteiger partial charge in [0.1, 0.15) is 0 Å². The van der Waals surface area contributed by atoms with Crippen molar-refractivity contribution in [2.75, 3.05) is 43.1 Å². The molecule has 3 amide bonds. The van der Waals surface area contributed by atoms with Crippen LogP contribution in [0.4, 0.5) is 17.1 Å². The van der Waals surface area contributed by atoms with E-state index in [0.29, 0.717) is 22.6 Å². The van der Waals surface area contributed by atoms with Gasteiger partial charge in [-0.2, -0.15) is 0 Å². The molecular formula is C23H25N5O3S. The largest absolute Gasteiger partial charge is 0.397 e. The minimum atomic E-state index is -0.310. The summed E-state index contributed by atoms with van der Waals surface area (Å²) in [7, 11) is 3.07. The first-order chi connectivity index (χ1) is 15.4. The Morgan fingerprint density at radius 1 is 0.938 bits per heavy atom. The van der Waals surface area contributed by atoms with Gasteiger partial charge in [0.05, 0.1) is 24.5 Å². The Labute approximate surface area is 190 Å². The summed E-state index contributed by atoms with van der Waals surface area (Å²) < 4.78 is 0. The van der Waals surface area contributed by atoms with E-state index >= 15 is 0 Å². The molecule has 0 aliphatic heterocycles. The number of rotatable bonds is 8. The van der Waals surface area contributed by atoms with Gasteiger partial charge in [0.15, 0.2) is 0 Å². The molecule has 1 heterocycles. The summed E-state index contributed by atoms with van der Waals surface area (Å²) in [6.45, 7) is 0.0308. The predicted molar refractivity (Wildman–Crippen MR) is 129 cm³/mol. The van der Waals surface area contributed by atoms with Crippen molar-refractivity contribution in [1.82, 2.24) is 10.6 Å². The van der Waals surface area contributed by atoms with Crippen molar-refractivity contribution in [1.29, 1.82) is 0 Å². The number of hydrogen-bond donors (Lipinski definition) is 4. The molecule has 0 bridgehead atoms. The second-order valence-electron chi connectivity index (χ2n) is 6.98. The molecule has 2 aromatic carbocycles. The third-order valence-corrected chi connectivity index (χ3v) is 5.75. The fourth-order valence-electron chi connectivity index (χ4n) is 3.02. The highest BCUT2D eigenvalue weighted by atomic mass is 32.1. The van der Waals surface area contributed by atoms with Crippen LogP contribution in [0.5, 0.6) is 0 Å². The van der Waals surface area contributed by atoms with Crippen molar-refractivity contribution in [2.45, 2.75) is 0 Å². The number of carbonyl (C=O) groups excluding carboxylic acids is 3. The van der Waals surface area contributed by atoms with E-state index in [2.05, 4.69) is 16.0 Å². The first-order valence-corrected chi connectivity index (χ1v) is 10.8. The van der Waals surface area contributed by atoms with Gasteiger partial charge < -0.3 is 26.6 Å². The molecule has 32 heavy (non-hydrogen) atoms. The van der Waals surface area contributed by atoms with Crippen molar-refractivity contribution in [3.63, 3.8) is 0 Å². The minimum Gasteiger partial charge on any atom is -0.397 e. The molecule has 0 unspecified atom stereocenters. The summed E-state index contributed by atoms with van der Waals surface area (Å²) in [5.41, 5.74) is 9.10. The molecule has 0 atom stereocenters. The topological polar surface area (TPSA) is 117 Å². The van der Waals surface area contributed by atoms with E-state index in [-0.39, 0.29) is 30.8 Å². The van der Waals surface area contributed by atoms with Gasteiger partial charge in [0.2, 0.25) is 11.8 Å². The fraction of sp³-hybridized carbons (Fsp3) is 0.174. The smallest absolute Gasteiger partial charge is 0.255 e. The SMILES string of the molecule is CNC(=O)CN(CC(=O)NC)c1ccc(C(=O)Nc2cc(-c3cccs3)ccc2N)cc1. The van der Waals surface area contributed by atoms with E-state index in [1.165, 1.54) is 14.1 Å². The summed E-state index contributed by atoms with van der Waals surface area (Å²) in [5.74, 6) is -0.760. The summed E-state index contributed by atoms with van der Waals surface area (Å²) >= 11 is 1.61. The molecule has 9 heteroatoms. The molecule has 8 nitrogen and oxygen atoms in total. The summed E-state index contributed by atoms with van der Waals surface area (Å²) in [6.07, 6.45) is 0. The Morgan fingerprint density at radius 2 is 1.59 bits per heavy atom. The van der Waals surface area contributed by atoms with Crippen LogP contribution < -0.4 is 26.6 Å². The maximum Gasteiger partial charge on any atom is 0.255 e. The quantitative estimate of drug-likeness (QED) is 0.393. The number of anilines is 3. The average Bonchev–Trinajstić information content (AvgIpc) is 3.35. The molecule has 0 spiro atoms. The Hall–Kier alpha value is -3.85. The van der Waals surface area contributed by atoms with Crippen LogP contribution in [0.25, 0.3) is 10.4 Å². The molecule has 0 aliphatic carbocycles. The van der Waals surface area contributed by atoms with Crippen LogP contribution in [0.3, 0.4) is 0 Å². The fourth-order valence-corrected chi connectivity index (χ4v) is 3.75. The number of hydrogen-bond acceptors (Lipinski definition) is 6. The average molecular weight is 452 g/mol. The molecule has 3 aromatic rings. The van der Waals surface area contributed by atoms with Crippen LogP contribution >= 0.6 is 11.3 Å². The Bertz CT molecular complexity index is 1080. The molecule has 0 saturated carbocycles. The monoisotopic (exact) mass is 451 g/mol. The third-order valence-electron chi connectivity index (χ3n) is 4.83. The van der Waals surface area contributed by atoms with Crippen LogP contribution in [0.1, 0.15) is 10.4 Å². The summed E-state index contributed by atoms with van der Waals surface area (Å²) in [6, 6.07) is 16.2. The van der Waals surface area contributed by atoms with Gasteiger partial charge in [0.25, 0.3) is 5.91 Å². The van der Waals surface area contributed by atoms with Gasteiger partial charge in [-0.25, -0.2) is 0 Å². The molecule has 0 saturated heterocycles. The van der Waals surface area contributed by atoms with Crippen LogP contribution in [0, 0.1) is 0 Å². The van der Waals surface area contributed by atoms with Gasteiger partial charge in [-0.15, -0.1) is 11.3 Å². The molecule has 5 N–H and O–H groups in total. The highest BCUT2D eigenvalue weighted by molar-refractivity contribution is 7.13. The molecule has 3 rings (SSSR count). The maximum absolute atomic E-state index is 12.8. The molecule has 1 aromatic heterocycles. The summed E-state index contributed by atoms with van der Waals surface area (Å²) in [4.78, 5) is 39.2. The lowest BCUT2D eigenvalue weighted by Crippen LogP contribution is -2.41. The van der Waals surface area contributed by atoms with E-state index in [0.717, 1.165) is 10.4 Å². The molecular weight excluding hydrogens is 426 g/mol. The Kier molecular flexibility index (Phi) is 7.45. The predicted octanol–water partition coefficient (Wildman–Crippen LogP) is 2.55. The van der Waals surface area contributed by atoms with Gasteiger partial charge in [-0.1, -0.05) is 12.1 Å². The lowest BCUT2D eigenvalue weighted by atomic mass is 10.1. The molecule has 0 aliphatic rings. The van der Waals surface area contributed by atoms with Crippen molar-refractivity contribution >= 4 is 46.1 Å². The van der Waals surface area contributed by atoms with E-state index in [9.17, 15) is 14.4 Å². The second kappa shape index (κ2) is 10.5. The van der Waals surface area contributed by atoms with E-state index in [1.54, 1.807) is 46.6 Å². The third kappa shape index (κ3) is 5.64. The number of nitrogens with two attached hydrogens (primary N) is 1. The van der Waals surface area contributed by atoms with Gasteiger partial charge >= 0.3 is 0 Å². The number of nitrogens with zero attached hydrogens (tertiary/aromatic N) is 1. The number of nitrogens with one attached hydrogen (secondary N) is 3. The van der Waals surface area contributed by atoms with Crippen LogP contribution in [0.2, 0.25) is 0 Å². The zero-order valence-corrected chi connectivity index (χ0v) is 18.7. The Balaban J connectivity index is 1.76. The minimum absolute atomic E-state index is 0.0154. The van der Waals surface area contributed by atoms with Crippen molar-refractivity contribution < 1.29 is 14.4 Å². The first-order valence-electron chi connectivity index (χ1n) is 9.92. The number of likely N-dealkylation sites (N-methyl/N-ethyl adjacent to an activating group) is 2. The first kappa shape index (κ1) is 22.8. The lowest BCUT2D eigenvalue weighted by molar-refractivity contribution is -0.120. The van der Waals surface area contributed by atoms with Crippen LogP contribution in [0.15, 0.2) is 60.0 Å². The molecule has 0 fully saturated rings. The maximum atomic E-state index is 12.8. The highest BCUT2D eigenvalue weighted by Crippen LogP contribution is 2.30. The number of carbonyl (C=O) groups is 3. The van der Waals surface area contributed by atoms with Crippen molar-refractivity contribution in [3.8, 4) is 10.4 Å². The standard InChI is InChI=1S/C23H25N5O3S/c1-25-21(29)13-28(14-22(30)26-2)17-8-5-15(6-9-17)23(31)27-19-12-16(7-10-18(19)24)20-4-3-11-32-20/h3-12H,13-14,24H2,1-2H3,(H,25,29)(H,26,30)(H,27,31). The van der Waals surface area contributed by atoms with Gasteiger partial charge in [0, 0.05) is 30.2 Å². The van der Waals surface area contributed by atoms with Crippen molar-refractivity contribution in [3.05, 3.63) is 65.5 Å². The van der Waals surface area contributed by atoms with E-state index in [4.69, 9.17) is 5.73 Å². The number of thiophene rings is 1. The normalized spacial score (nSPS) is 10.3. The second-order valence-corrected chi connectivity index (χ2v) is 7.93. The van der Waals surface area contributed by atoms with Crippen LogP contribution in [-0.4, -0.2) is 44.9 Å². The number of amides is 3. The zero-order valence-electron chi connectivity index (χ0n) is 17.8. The summed E-state index contributed by atoms with van der Waals surface area (Å²) in [5, 5.41) is 9.94. The van der Waals surface area contributed by atoms with Crippen molar-refractivity contribution in [2.24, 2.45) is 0 Å². The Morgan fingerprint density at radius 3 is 2.16 bits per heavy atom. The molecule has 166 valence electrons. The van der Waals surface area contributed by atoms with Gasteiger partial charge in [-0.3, -0.25) is 14.4 Å².